The molecule has 0 spiro atoms. The number of benzene rings is 2. The van der Waals surface area contributed by atoms with Crippen molar-refractivity contribution in [2.45, 2.75) is 73.0 Å². The van der Waals surface area contributed by atoms with Crippen molar-refractivity contribution >= 4 is 11.8 Å². The number of amides is 2. The zero-order chi connectivity index (χ0) is 23.0. The number of nitrogens with one attached hydrogen (secondary N) is 1. The molecule has 0 saturated heterocycles. The van der Waals surface area contributed by atoms with Gasteiger partial charge in [0, 0.05) is 12.6 Å². The fourth-order valence-corrected chi connectivity index (χ4v) is 3.36. The van der Waals surface area contributed by atoms with Crippen LogP contribution in [0.1, 0.15) is 55.9 Å². The highest BCUT2D eigenvalue weighted by Crippen LogP contribution is 2.19. The normalized spacial score (nSPS) is 12.7. The molecule has 0 aliphatic carbocycles. The Labute approximate surface area is 186 Å². The van der Waals surface area contributed by atoms with Crippen LogP contribution in [0.15, 0.2) is 42.5 Å². The molecule has 0 saturated carbocycles. The second kappa shape index (κ2) is 11.5. The van der Waals surface area contributed by atoms with Crippen molar-refractivity contribution in [2.75, 3.05) is 6.61 Å². The van der Waals surface area contributed by atoms with Crippen LogP contribution in [0.5, 0.6) is 5.75 Å². The lowest BCUT2D eigenvalue weighted by Gasteiger charge is -2.31. The Morgan fingerprint density at radius 2 is 1.68 bits per heavy atom. The molecule has 0 radical (unpaired) electrons. The molecule has 0 bridgehead atoms. The van der Waals surface area contributed by atoms with Crippen LogP contribution in [0.2, 0.25) is 0 Å². The molecule has 0 aliphatic rings. The number of hydrogen-bond donors (Lipinski definition) is 1. The Hall–Kier alpha value is -2.82. The average Bonchev–Trinajstić information content (AvgIpc) is 2.75. The second-order valence-corrected chi connectivity index (χ2v) is 8.22. The summed E-state index contributed by atoms with van der Waals surface area (Å²) in [7, 11) is 0. The molecule has 2 aromatic carbocycles. The number of aryl methyl sites for hydroxylation is 3. The molecule has 2 rings (SSSR count). The first-order valence-corrected chi connectivity index (χ1v) is 11.1. The Morgan fingerprint density at radius 1 is 0.968 bits per heavy atom. The number of hydrogen-bond acceptors (Lipinski definition) is 3. The van der Waals surface area contributed by atoms with Gasteiger partial charge < -0.3 is 15.0 Å². The molecule has 2 atom stereocenters. The summed E-state index contributed by atoms with van der Waals surface area (Å²) >= 11 is 0. The van der Waals surface area contributed by atoms with Gasteiger partial charge >= 0.3 is 0 Å². The number of carbonyl (C=O) groups is 2. The first kappa shape index (κ1) is 24.4. The van der Waals surface area contributed by atoms with Gasteiger partial charge in [0.1, 0.15) is 11.8 Å². The molecular weight excluding hydrogens is 388 g/mol. The van der Waals surface area contributed by atoms with Crippen molar-refractivity contribution < 1.29 is 14.3 Å². The molecule has 0 fully saturated rings. The van der Waals surface area contributed by atoms with Gasteiger partial charge in [-0.15, -0.1) is 0 Å². The van der Waals surface area contributed by atoms with Gasteiger partial charge in [0.15, 0.2) is 6.61 Å². The molecule has 1 N–H and O–H groups in total. The zero-order valence-electron chi connectivity index (χ0n) is 19.7. The largest absolute Gasteiger partial charge is 0.484 e. The monoisotopic (exact) mass is 424 g/mol. The van der Waals surface area contributed by atoms with E-state index in [1.54, 1.807) is 4.90 Å². The van der Waals surface area contributed by atoms with Crippen molar-refractivity contribution in [3.05, 3.63) is 64.7 Å². The summed E-state index contributed by atoms with van der Waals surface area (Å²) in [6.45, 7) is 12.3. The Kier molecular flexibility index (Phi) is 9.10. The molecule has 0 aliphatic heterocycles. The topological polar surface area (TPSA) is 58.6 Å². The molecule has 168 valence electrons. The minimum atomic E-state index is -0.551. The zero-order valence-corrected chi connectivity index (χ0v) is 19.7. The van der Waals surface area contributed by atoms with E-state index >= 15 is 0 Å². The van der Waals surface area contributed by atoms with Crippen LogP contribution in [-0.4, -0.2) is 35.4 Å². The lowest BCUT2D eigenvalue weighted by Crippen LogP contribution is -2.51. The maximum atomic E-state index is 13.3. The predicted octanol–water partition coefficient (Wildman–Crippen LogP) is 4.71. The fraction of sp³-hybridized carbons (Fsp3) is 0.462. The molecule has 0 heterocycles. The number of nitrogens with zero attached hydrogens (tertiary/aromatic N) is 1. The third-order valence-corrected chi connectivity index (χ3v) is 5.83. The van der Waals surface area contributed by atoms with Gasteiger partial charge in [-0.2, -0.15) is 0 Å². The molecule has 2 aromatic rings. The number of rotatable bonds is 10. The summed E-state index contributed by atoms with van der Waals surface area (Å²) in [4.78, 5) is 27.9. The Balaban J connectivity index is 2.24. The summed E-state index contributed by atoms with van der Waals surface area (Å²) in [6, 6.07) is 13.2. The minimum Gasteiger partial charge on any atom is -0.484 e. The maximum Gasteiger partial charge on any atom is 0.261 e. The third-order valence-electron chi connectivity index (χ3n) is 5.83. The Bertz CT molecular complexity index is 894. The molecule has 5 nitrogen and oxygen atoms in total. The van der Waals surface area contributed by atoms with E-state index in [-0.39, 0.29) is 24.5 Å². The Morgan fingerprint density at radius 3 is 2.29 bits per heavy atom. The van der Waals surface area contributed by atoms with E-state index in [4.69, 9.17) is 4.74 Å². The van der Waals surface area contributed by atoms with Crippen LogP contribution in [0, 0.1) is 20.8 Å². The van der Waals surface area contributed by atoms with Crippen LogP contribution >= 0.6 is 0 Å². The van der Waals surface area contributed by atoms with Gasteiger partial charge in [0.2, 0.25) is 5.91 Å². The number of ether oxygens (including phenoxy) is 1. The standard InChI is InChI=1S/C26H36N2O3/c1-7-21(6)27-26(30)24(8-2)28(16-22-12-10-9-11-19(22)4)25(29)17-31-23-14-13-18(3)20(5)15-23/h9-15,21,24H,7-8,16-17H2,1-6H3,(H,27,30)/t21-,24+/m1/s1. The van der Waals surface area contributed by atoms with E-state index in [1.807, 2.05) is 84.0 Å². The summed E-state index contributed by atoms with van der Waals surface area (Å²) in [5.74, 6) is 0.335. The first-order valence-electron chi connectivity index (χ1n) is 11.1. The van der Waals surface area contributed by atoms with Crippen molar-refractivity contribution in [1.82, 2.24) is 10.2 Å². The van der Waals surface area contributed by atoms with Gasteiger partial charge in [-0.05, 0) is 74.9 Å². The highest BCUT2D eigenvalue weighted by molar-refractivity contribution is 5.88. The van der Waals surface area contributed by atoms with Crippen LogP contribution in [0.25, 0.3) is 0 Å². The van der Waals surface area contributed by atoms with Crippen molar-refractivity contribution in [3.63, 3.8) is 0 Å². The lowest BCUT2D eigenvalue weighted by molar-refractivity contribution is -0.143. The van der Waals surface area contributed by atoms with Crippen LogP contribution in [0.4, 0.5) is 0 Å². The van der Waals surface area contributed by atoms with Crippen molar-refractivity contribution in [3.8, 4) is 5.75 Å². The quantitative estimate of drug-likeness (QED) is 0.601. The molecule has 0 aromatic heterocycles. The summed E-state index contributed by atoms with van der Waals surface area (Å²) < 4.78 is 5.81. The molecule has 31 heavy (non-hydrogen) atoms. The summed E-state index contributed by atoms with van der Waals surface area (Å²) in [6.07, 6.45) is 1.37. The van der Waals surface area contributed by atoms with E-state index < -0.39 is 6.04 Å². The highest BCUT2D eigenvalue weighted by Gasteiger charge is 2.29. The fourth-order valence-electron chi connectivity index (χ4n) is 3.36. The van der Waals surface area contributed by atoms with E-state index in [0.29, 0.717) is 18.7 Å². The first-order chi connectivity index (χ1) is 14.8. The minimum absolute atomic E-state index is 0.0590. The molecular formula is C26H36N2O3. The van der Waals surface area contributed by atoms with Gasteiger partial charge in [-0.3, -0.25) is 9.59 Å². The number of carbonyl (C=O) groups excluding carboxylic acids is 2. The molecule has 0 unspecified atom stereocenters. The summed E-state index contributed by atoms with van der Waals surface area (Å²) in [5.41, 5.74) is 4.40. The molecule has 5 heteroatoms. The average molecular weight is 425 g/mol. The SMILES string of the molecule is CC[C@@H](C)NC(=O)[C@H](CC)N(Cc1ccccc1C)C(=O)COc1ccc(C)c(C)c1. The smallest absolute Gasteiger partial charge is 0.261 e. The lowest BCUT2D eigenvalue weighted by atomic mass is 10.1. The highest BCUT2D eigenvalue weighted by atomic mass is 16.5. The van der Waals surface area contributed by atoms with E-state index in [9.17, 15) is 9.59 Å². The van der Waals surface area contributed by atoms with E-state index in [0.717, 1.165) is 23.1 Å². The predicted molar refractivity (Wildman–Crippen MR) is 125 cm³/mol. The van der Waals surface area contributed by atoms with Crippen LogP contribution in [-0.2, 0) is 16.1 Å². The van der Waals surface area contributed by atoms with Gasteiger partial charge in [0.25, 0.3) is 5.91 Å². The maximum absolute atomic E-state index is 13.3. The van der Waals surface area contributed by atoms with Gasteiger partial charge in [0.05, 0.1) is 0 Å². The second-order valence-electron chi connectivity index (χ2n) is 8.22. The van der Waals surface area contributed by atoms with Crippen LogP contribution < -0.4 is 10.1 Å². The third kappa shape index (κ3) is 6.84. The molecule has 2 amide bonds. The van der Waals surface area contributed by atoms with Crippen molar-refractivity contribution in [1.29, 1.82) is 0 Å². The van der Waals surface area contributed by atoms with E-state index in [1.165, 1.54) is 5.56 Å². The van der Waals surface area contributed by atoms with E-state index in [2.05, 4.69) is 5.32 Å². The van der Waals surface area contributed by atoms with Gasteiger partial charge in [-0.25, -0.2) is 0 Å². The van der Waals surface area contributed by atoms with Gasteiger partial charge in [-0.1, -0.05) is 44.2 Å². The summed E-state index contributed by atoms with van der Waals surface area (Å²) in [5, 5.41) is 3.03. The van der Waals surface area contributed by atoms with Crippen LogP contribution in [0.3, 0.4) is 0 Å². The van der Waals surface area contributed by atoms with Crippen molar-refractivity contribution in [2.24, 2.45) is 0 Å².